The van der Waals surface area contributed by atoms with Crippen LogP contribution in [0.2, 0.25) is 0 Å². The Hall–Kier alpha value is -3.88. The van der Waals surface area contributed by atoms with E-state index in [1.54, 1.807) is 63.2 Å². The van der Waals surface area contributed by atoms with Crippen LogP contribution in [-0.4, -0.2) is 36.0 Å². The number of alkyl carbamates (subject to hydrolysis) is 1. The molecule has 0 aliphatic rings. The first kappa shape index (κ1) is 24.4. The molecule has 0 aromatic heterocycles. The standard InChI is InChI=1S/C23H27N3O6/c1-15(27)31-17-9-7-8-16(14-17)21(29)26-19-11-6-5-10-18(19)25-20(28)12-13-24-22(30)32-23(2,3)4/h5-11,14H,12-13H2,1-4H3,(H,24,30)(H,25,28)(H,26,29). The molecule has 32 heavy (non-hydrogen) atoms. The van der Waals surface area contributed by atoms with Crippen molar-refractivity contribution in [3.05, 3.63) is 54.1 Å². The van der Waals surface area contributed by atoms with E-state index in [2.05, 4.69) is 16.0 Å². The molecule has 0 aliphatic heterocycles. The molecule has 0 atom stereocenters. The lowest BCUT2D eigenvalue weighted by Crippen LogP contribution is -2.34. The molecule has 9 nitrogen and oxygen atoms in total. The molecule has 2 aromatic rings. The molecule has 0 saturated carbocycles. The van der Waals surface area contributed by atoms with Gasteiger partial charge in [0.1, 0.15) is 11.4 Å². The summed E-state index contributed by atoms with van der Waals surface area (Å²) in [5, 5.41) is 7.96. The van der Waals surface area contributed by atoms with Gasteiger partial charge in [-0.2, -0.15) is 0 Å². The van der Waals surface area contributed by atoms with Gasteiger partial charge in [-0.05, 0) is 51.1 Å². The highest BCUT2D eigenvalue weighted by Gasteiger charge is 2.16. The largest absolute Gasteiger partial charge is 0.444 e. The number of rotatable bonds is 7. The molecule has 0 heterocycles. The van der Waals surface area contributed by atoms with Crippen LogP contribution in [0.1, 0.15) is 44.5 Å². The smallest absolute Gasteiger partial charge is 0.407 e. The lowest BCUT2D eigenvalue weighted by atomic mass is 10.2. The molecule has 0 radical (unpaired) electrons. The van der Waals surface area contributed by atoms with Crippen LogP contribution >= 0.6 is 0 Å². The molecule has 2 rings (SSSR count). The summed E-state index contributed by atoms with van der Waals surface area (Å²) in [5.41, 5.74) is 0.454. The van der Waals surface area contributed by atoms with Crippen molar-refractivity contribution in [1.29, 1.82) is 0 Å². The number of amides is 3. The number of hydrogen-bond donors (Lipinski definition) is 3. The van der Waals surface area contributed by atoms with Gasteiger partial charge < -0.3 is 25.4 Å². The average molecular weight is 441 g/mol. The minimum atomic E-state index is -0.624. The number of hydrogen-bond acceptors (Lipinski definition) is 6. The van der Waals surface area contributed by atoms with Crippen LogP contribution in [0.5, 0.6) is 5.75 Å². The summed E-state index contributed by atoms with van der Waals surface area (Å²) in [6, 6.07) is 12.9. The van der Waals surface area contributed by atoms with E-state index in [1.807, 2.05) is 0 Å². The van der Waals surface area contributed by atoms with Gasteiger partial charge in [0, 0.05) is 25.5 Å². The number of ether oxygens (including phenoxy) is 2. The zero-order valence-corrected chi connectivity index (χ0v) is 18.5. The second-order valence-corrected chi connectivity index (χ2v) is 7.85. The summed E-state index contributed by atoms with van der Waals surface area (Å²) in [6.45, 7) is 6.61. The molecule has 0 saturated heterocycles. The third-order valence-electron chi connectivity index (χ3n) is 3.83. The van der Waals surface area contributed by atoms with Crippen molar-refractivity contribution in [2.24, 2.45) is 0 Å². The van der Waals surface area contributed by atoms with Crippen molar-refractivity contribution in [2.75, 3.05) is 17.2 Å². The first-order valence-electron chi connectivity index (χ1n) is 9.99. The first-order chi connectivity index (χ1) is 15.0. The first-order valence-corrected chi connectivity index (χ1v) is 9.99. The summed E-state index contributed by atoms with van der Waals surface area (Å²) in [6.07, 6.45) is -0.583. The summed E-state index contributed by atoms with van der Waals surface area (Å²) in [7, 11) is 0. The van der Waals surface area contributed by atoms with Gasteiger partial charge in [-0.25, -0.2) is 4.79 Å². The lowest BCUT2D eigenvalue weighted by molar-refractivity contribution is -0.131. The topological polar surface area (TPSA) is 123 Å². The molecule has 0 aliphatic carbocycles. The Morgan fingerprint density at radius 2 is 1.56 bits per heavy atom. The van der Waals surface area contributed by atoms with Crippen molar-refractivity contribution >= 4 is 35.3 Å². The monoisotopic (exact) mass is 441 g/mol. The Morgan fingerprint density at radius 3 is 2.19 bits per heavy atom. The predicted molar refractivity (Wildman–Crippen MR) is 120 cm³/mol. The van der Waals surface area contributed by atoms with E-state index in [0.29, 0.717) is 11.4 Å². The Labute approximate surface area is 186 Å². The second-order valence-electron chi connectivity index (χ2n) is 7.85. The van der Waals surface area contributed by atoms with Crippen LogP contribution in [-0.2, 0) is 14.3 Å². The van der Waals surface area contributed by atoms with Crippen molar-refractivity contribution in [1.82, 2.24) is 5.32 Å². The van der Waals surface area contributed by atoms with Gasteiger partial charge in [0.25, 0.3) is 5.91 Å². The molecule has 0 spiro atoms. The Morgan fingerprint density at radius 1 is 0.906 bits per heavy atom. The fourth-order valence-corrected chi connectivity index (χ4v) is 2.57. The van der Waals surface area contributed by atoms with E-state index in [0.717, 1.165) is 0 Å². The van der Waals surface area contributed by atoms with Gasteiger partial charge in [0.05, 0.1) is 11.4 Å². The molecule has 0 fully saturated rings. The number of benzene rings is 2. The van der Waals surface area contributed by atoms with Gasteiger partial charge in [-0.15, -0.1) is 0 Å². The van der Waals surface area contributed by atoms with Crippen LogP contribution in [0.4, 0.5) is 16.2 Å². The minimum Gasteiger partial charge on any atom is -0.444 e. The number of para-hydroxylation sites is 2. The quantitative estimate of drug-likeness (QED) is 0.445. The molecule has 0 bridgehead atoms. The van der Waals surface area contributed by atoms with Crippen LogP contribution in [0.25, 0.3) is 0 Å². The fourth-order valence-electron chi connectivity index (χ4n) is 2.57. The predicted octanol–water partition coefficient (Wildman–Crippen LogP) is 3.72. The van der Waals surface area contributed by atoms with E-state index < -0.39 is 23.6 Å². The molecule has 9 heteroatoms. The highest BCUT2D eigenvalue weighted by molar-refractivity contribution is 6.07. The summed E-state index contributed by atoms with van der Waals surface area (Å²) in [5.74, 6) is -1.02. The number of carbonyl (C=O) groups is 4. The molecule has 2 aromatic carbocycles. The Kier molecular flexibility index (Phi) is 8.34. The molecular formula is C23H27N3O6. The number of esters is 1. The maximum absolute atomic E-state index is 12.6. The van der Waals surface area contributed by atoms with Crippen LogP contribution < -0.4 is 20.7 Å². The molecule has 0 unspecified atom stereocenters. The van der Waals surface area contributed by atoms with E-state index in [1.165, 1.54) is 13.0 Å². The lowest BCUT2D eigenvalue weighted by Gasteiger charge is -2.19. The SMILES string of the molecule is CC(=O)Oc1cccc(C(=O)Nc2ccccc2NC(=O)CCNC(=O)OC(C)(C)C)c1. The zero-order chi connectivity index (χ0) is 23.7. The molecular weight excluding hydrogens is 414 g/mol. The Balaban J connectivity index is 1.96. The highest BCUT2D eigenvalue weighted by Crippen LogP contribution is 2.23. The maximum Gasteiger partial charge on any atom is 0.407 e. The third-order valence-corrected chi connectivity index (χ3v) is 3.83. The van der Waals surface area contributed by atoms with Gasteiger partial charge >= 0.3 is 12.1 Å². The van der Waals surface area contributed by atoms with Gasteiger partial charge in [-0.1, -0.05) is 18.2 Å². The average Bonchev–Trinajstić information content (AvgIpc) is 2.67. The number of nitrogens with one attached hydrogen (secondary N) is 3. The van der Waals surface area contributed by atoms with E-state index in [-0.39, 0.29) is 30.2 Å². The zero-order valence-electron chi connectivity index (χ0n) is 18.5. The van der Waals surface area contributed by atoms with Gasteiger partial charge in [0.2, 0.25) is 5.91 Å². The Bertz CT molecular complexity index is 997. The van der Waals surface area contributed by atoms with Crippen LogP contribution in [0, 0.1) is 0 Å². The summed E-state index contributed by atoms with van der Waals surface area (Å²) in [4.78, 5) is 47.7. The second kappa shape index (κ2) is 10.9. The summed E-state index contributed by atoms with van der Waals surface area (Å²) < 4.78 is 10.1. The van der Waals surface area contributed by atoms with E-state index in [9.17, 15) is 19.2 Å². The van der Waals surface area contributed by atoms with Gasteiger partial charge in [-0.3, -0.25) is 14.4 Å². The van der Waals surface area contributed by atoms with Crippen molar-refractivity contribution in [3.63, 3.8) is 0 Å². The van der Waals surface area contributed by atoms with E-state index >= 15 is 0 Å². The van der Waals surface area contributed by atoms with Gasteiger partial charge in [0.15, 0.2) is 0 Å². The van der Waals surface area contributed by atoms with Crippen LogP contribution in [0.3, 0.4) is 0 Å². The number of anilines is 2. The van der Waals surface area contributed by atoms with Crippen molar-refractivity contribution in [3.8, 4) is 5.75 Å². The minimum absolute atomic E-state index is 0.0198. The van der Waals surface area contributed by atoms with E-state index in [4.69, 9.17) is 9.47 Å². The number of carbonyl (C=O) groups excluding carboxylic acids is 4. The van der Waals surface area contributed by atoms with Crippen molar-refractivity contribution < 1.29 is 28.7 Å². The summed E-state index contributed by atoms with van der Waals surface area (Å²) >= 11 is 0. The molecule has 170 valence electrons. The van der Waals surface area contributed by atoms with Crippen molar-refractivity contribution in [2.45, 2.75) is 39.7 Å². The fraction of sp³-hybridized carbons (Fsp3) is 0.304. The normalized spacial score (nSPS) is 10.6. The molecule has 3 N–H and O–H groups in total. The van der Waals surface area contributed by atoms with Crippen LogP contribution in [0.15, 0.2) is 48.5 Å². The highest BCUT2D eigenvalue weighted by atomic mass is 16.6. The maximum atomic E-state index is 12.6. The molecule has 3 amide bonds. The third kappa shape index (κ3) is 8.47.